The highest BCUT2D eigenvalue weighted by Gasteiger charge is 2.20. The van der Waals surface area contributed by atoms with Gasteiger partial charge in [0.05, 0.1) is 0 Å². The van der Waals surface area contributed by atoms with Crippen LogP contribution in [-0.4, -0.2) is 12.0 Å². The summed E-state index contributed by atoms with van der Waals surface area (Å²) in [6.45, 7) is 6.29. The summed E-state index contributed by atoms with van der Waals surface area (Å²) in [5.41, 5.74) is 1.94. The number of hydrogen-bond donors (Lipinski definition) is 1. The summed E-state index contributed by atoms with van der Waals surface area (Å²) in [5, 5.41) is 2.94. The van der Waals surface area contributed by atoms with Crippen molar-refractivity contribution in [2.75, 3.05) is 5.32 Å². The molecule has 0 aliphatic carbocycles. The lowest BCUT2D eigenvalue weighted by molar-refractivity contribution is -0.122. The zero-order valence-corrected chi connectivity index (χ0v) is 16.5. The van der Waals surface area contributed by atoms with Crippen molar-refractivity contribution in [2.45, 2.75) is 45.6 Å². The van der Waals surface area contributed by atoms with Crippen LogP contribution >= 0.6 is 22.6 Å². The van der Waals surface area contributed by atoms with Crippen molar-refractivity contribution in [2.24, 2.45) is 0 Å². The van der Waals surface area contributed by atoms with E-state index in [1.807, 2.05) is 49.4 Å². The molecule has 0 aromatic heterocycles. The number of amides is 1. The first kappa shape index (κ1) is 18.8. The minimum atomic E-state index is -0.505. The molecule has 0 saturated heterocycles. The quantitative estimate of drug-likeness (QED) is 0.573. The third kappa shape index (κ3) is 4.97. The van der Waals surface area contributed by atoms with E-state index in [4.69, 9.17) is 4.74 Å². The number of nitrogens with one attached hydrogen (secondary N) is 1. The Kier molecular flexibility index (Phi) is 7.09. The van der Waals surface area contributed by atoms with Gasteiger partial charge in [0.1, 0.15) is 5.75 Å². The highest BCUT2D eigenvalue weighted by Crippen LogP contribution is 2.29. The van der Waals surface area contributed by atoms with Crippen LogP contribution in [0.2, 0.25) is 0 Å². The van der Waals surface area contributed by atoms with Crippen molar-refractivity contribution in [1.82, 2.24) is 0 Å². The second kappa shape index (κ2) is 9.06. The highest BCUT2D eigenvalue weighted by atomic mass is 127. The number of benzene rings is 2. The molecule has 2 aromatic rings. The SMILES string of the molecule is CCC(Oc1ccccc1C(C)CC)C(=O)Nc1ccc(I)cc1. The maximum absolute atomic E-state index is 12.5. The second-order valence-electron chi connectivity index (χ2n) is 5.86. The molecular formula is C20H24INO2. The Labute approximate surface area is 157 Å². The average molecular weight is 437 g/mol. The van der Waals surface area contributed by atoms with Gasteiger partial charge in [-0.3, -0.25) is 4.79 Å². The molecule has 24 heavy (non-hydrogen) atoms. The molecule has 2 unspecified atom stereocenters. The molecule has 1 N–H and O–H groups in total. The normalized spacial score (nSPS) is 13.2. The maximum atomic E-state index is 12.5. The number of para-hydroxylation sites is 1. The van der Waals surface area contributed by atoms with Crippen LogP contribution in [0, 0.1) is 3.57 Å². The molecule has 0 heterocycles. The number of hydrogen-bond acceptors (Lipinski definition) is 2. The minimum Gasteiger partial charge on any atom is -0.480 e. The van der Waals surface area contributed by atoms with Gasteiger partial charge in [0.25, 0.3) is 5.91 Å². The predicted molar refractivity (Wildman–Crippen MR) is 108 cm³/mol. The van der Waals surface area contributed by atoms with Crippen LogP contribution in [0.15, 0.2) is 48.5 Å². The van der Waals surface area contributed by atoms with Crippen LogP contribution < -0.4 is 10.1 Å². The molecule has 2 aromatic carbocycles. The van der Waals surface area contributed by atoms with Crippen LogP contribution in [0.25, 0.3) is 0 Å². The molecule has 1 amide bonds. The molecule has 0 bridgehead atoms. The van der Waals surface area contributed by atoms with Crippen LogP contribution in [0.5, 0.6) is 5.75 Å². The van der Waals surface area contributed by atoms with E-state index in [2.05, 4.69) is 47.8 Å². The smallest absolute Gasteiger partial charge is 0.265 e. The zero-order chi connectivity index (χ0) is 17.5. The van der Waals surface area contributed by atoms with E-state index in [-0.39, 0.29) is 5.91 Å². The summed E-state index contributed by atoms with van der Waals surface area (Å²) in [6, 6.07) is 15.7. The lowest BCUT2D eigenvalue weighted by atomic mass is 9.98. The zero-order valence-electron chi connectivity index (χ0n) is 14.4. The molecule has 0 saturated carbocycles. The number of halogens is 1. The Hall–Kier alpha value is -1.56. The van der Waals surface area contributed by atoms with Gasteiger partial charge in [-0.1, -0.05) is 39.0 Å². The Morgan fingerprint density at radius 1 is 1.08 bits per heavy atom. The topological polar surface area (TPSA) is 38.3 Å². The second-order valence-corrected chi connectivity index (χ2v) is 7.10. The Morgan fingerprint density at radius 2 is 1.75 bits per heavy atom. The summed E-state index contributed by atoms with van der Waals surface area (Å²) in [7, 11) is 0. The summed E-state index contributed by atoms with van der Waals surface area (Å²) >= 11 is 2.24. The highest BCUT2D eigenvalue weighted by molar-refractivity contribution is 14.1. The Bertz CT molecular complexity index is 670. The first-order valence-electron chi connectivity index (χ1n) is 8.37. The van der Waals surface area contributed by atoms with Gasteiger partial charge in [-0.2, -0.15) is 0 Å². The van der Waals surface area contributed by atoms with Gasteiger partial charge in [0.2, 0.25) is 0 Å². The summed E-state index contributed by atoms with van der Waals surface area (Å²) in [4.78, 5) is 12.5. The summed E-state index contributed by atoms with van der Waals surface area (Å²) in [6.07, 6.45) is 1.14. The summed E-state index contributed by atoms with van der Waals surface area (Å²) in [5.74, 6) is 1.09. The van der Waals surface area contributed by atoms with E-state index in [0.717, 1.165) is 27.0 Å². The van der Waals surface area contributed by atoms with Crippen molar-refractivity contribution in [3.63, 3.8) is 0 Å². The molecule has 0 aliphatic heterocycles. The van der Waals surface area contributed by atoms with Crippen LogP contribution in [0.1, 0.15) is 45.1 Å². The molecule has 0 fully saturated rings. The Morgan fingerprint density at radius 3 is 2.38 bits per heavy atom. The van der Waals surface area contributed by atoms with Gasteiger partial charge in [0, 0.05) is 9.26 Å². The van der Waals surface area contributed by atoms with Gasteiger partial charge < -0.3 is 10.1 Å². The van der Waals surface area contributed by atoms with Crippen molar-refractivity contribution in [3.05, 3.63) is 57.7 Å². The predicted octanol–water partition coefficient (Wildman–Crippen LogP) is 5.60. The van der Waals surface area contributed by atoms with Crippen LogP contribution in [0.3, 0.4) is 0 Å². The van der Waals surface area contributed by atoms with E-state index in [0.29, 0.717) is 12.3 Å². The number of ether oxygens (including phenoxy) is 1. The fourth-order valence-electron chi connectivity index (χ4n) is 2.45. The molecule has 4 heteroatoms. The van der Waals surface area contributed by atoms with Crippen molar-refractivity contribution in [3.8, 4) is 5.75 Å². The van der Waals surface area contributed by atoms with Gasteiger partial charge >= 0.3 is 0 Å². The van der Waals surface area contributed by atoms with E-state index in [1.54, 1.807) is 0 Å². The first-order chi connectivity index (χ1) is 11.5. The molecule has 0 aliphatic rings. The number of carbonyl (C=O) groups is 1. The number of anilines is 1. The van der Waals surface area contributed by atoms with Gasteiger partial charge in [-0.05, 0) is 77.2 Å². The molecule has 2 rings (SSSR count). The maximum Gasteiger partial charge on any atom is 0.265 e. The average Bonchev–Trinajstić information content (AvgIpc) is 2.61. The van der Waals surface area contributed by atoms with Gasteiger partial charge in [-0.15, -0.1) is 0 Å². The number of carbonyl (C=O) groups excluding carboxylic acids is 1. The van der Waals surface area contributed by atoms with Crippen molar-refractivity contribution < 1.29 is 9.53 Å². The lowest BCUT2D eigenvalue weighted by Crippen LogP contribution is -2.32. The molecule has 0 spiro atoms. The fraction of sp³-hybridized carbons (Fsp3) is 0.350. The molecule has 3 nitrogen and oxygen atoms in total. The van der Waals surface area contributed by atoms with Crippen LogP contribution in [-0.2, 0) is 4.79 Å². The third-order valence-corrected chi connectivity index (χ3v) is 4.83. The minimum absolute atomic E-state index is 0.113. The van der Waals surface area contributed by atoms with E-state index in [9.17, 15) is 4.79 Å². The monoisotopic (exact) mass is 437 g/mol. The van der Waals surface area contributed by atoms with E-state index in [1.165, 1.54) is 0 Å². The first-order valence-corrected chi connectivity index (χ1v) is 9.45. The van der Waals surface area contributed by atoms with Gasteiger partial charge in [-0.25, -0.2) is 0 Å². The van der Waals surface area contributed by atoms with E-state index < -0.39 is 6.10 Å². The third-order valence-electron chi connectivity index (χ3n) is 4.11. The van der Waals surface area contributed by atoms with Crippen LogP contribution in [0.4, 0.5) is 5.69 Å². The number of rotatable bonds is 7. The van der Waals surface area contributed by atoms with Crippen molar-refractivity contribution in [1.29, 1.82) is 0 Å². The lowest BCUT2D eigenvalue weighted by Gasteiger charge is -2.21. The standard InChI is InChI=1S/C20H24INO2/c1-4-14(3)17-8-6-7-9-19(17)24-18(5-2)20(23)22-16-12-10-15(21)11-13-16/h6-14,18H,4-5H2,1-3H3,(H,22,23). The molecule has 128 valence electrons. The Balaban J connectivity index is 2.11. The fourth-order valence-corrected chi connectivity index (χ4v) is 2.81. The molecule has 2 atom stereocenters. The largest absolute Gasteiger partial charge is 0.480 e. The van der Waals surface area contributed by atoms with E-state index >= 15 is 0 Å². The molecular weight excluding hydrogens is 413 g/mol. The molecule has 0 radical (unpaired) electrons. The van der Waals surface area contributed by atoms with Crippen molar-refractivity contribution >= 4 is 34.2 Å². The van der Waals surface area contributed by atoms with Gasteiger partial charge in [0.15, 0.2) is 6.10 Å². The summed E-state index contributed by atoms with van der Waals surface area (Å²) < 4.78 is 7.20.